The van der Waals surface area contributed by atoms with Crippen molar-refractivity contribution in [3.05, 3.63) is 95.8 Å². The minimum Gasteiger partial charge on any atom is -0.378 e. The van der Waals surface area contributed by atoms with Crippen molar-refractivity contribution in [2.45, 2.75) is 6.54 Å². The summed E-state index contributed by atoms with van der Waals surface area (Å²) in [6, 6.07) is 25.1. The van der Waals surface area contributed by atoms with E-state index in [2.05, 4.69) is 80.9 Å². The van der Waals surface area contributed by atoms with E-state index < -0.39 is 0 Å². The SMILES string of the molecule is CN(C)c1ccc(/C=C/c2ccc3ncnc(NCc4ccccc4)c3c2)cc1. The van der Waals surface area contributed by atoms with Crippen LogP contribution in [-0.4, -0.2) is 24.1 Å². The number of hydrogen-bond acceptors (Lipinski definition) is 4. The standard InChI is InChI=1S/C25H24N4/c1-29(2)22-13-10-19(11-14-22)8-9-20-12-15-24-23(16-20)25(28-18-27-24)26-17-21-6-4-3-5-7-21/h3-16,18H,17H2,1-2H3,(H,26,27,28)/b9-8+. The van der Waals surface area contributed by atoms with Crippen LogP contribution in [0.4, 0.5) is 11.5 Å². The summed E-state index contributed by atoms with van der Waals surface area (Å²) in [5, 5.41) is 4.46. The minimum absolute atomic E-state index is 0.727. The van der Waals surface area contributed by atoms with Gasteiger partial charge in [-0.25, -0.2) is 9.97 Å². The van der Waals surface area contributed by atoms with Gasteiger partial charge in [0.15, 0.2) is 0 Å². The second kappa shape index (κ2) is 8.57. The first-order valence-electron chi connectivity index (χ1n) is 9.67. The summed E-state index contributed by atoms with van der Waals surface area (Å²) < 4.78 is 0. The third kappa shape index (κ3) is 4.61. The Bertz CT molecular complexity index is 1120. The number of anilines is 2. The van der Waals surface area contributed by atoms with E-state index in [-0.39, 0.29) is 0 Å². The van der Waals surface area contributed by atoms with Crippen LogP contribution in [0.2, 0.25) is 0 Å². The lowest BCUT2D eigenvalue weighted by atomic mass is 10.1. The monoisotopic (exact) mass is 380 g/mol. The predicted molar refractivity (Wildman–Crippen MR) is 123 cm³/mol. The number of fused-ring (bicyclic) bond motifs is 1. The van der Waals surface area contributed by atoms with Gasteiger partial charge in [-0.05, 0) is 41.0 Å². The molecule has 0 spiro atoms. The zero-order valence-corrected chi connectivity index (χ0v) is 16.7. The Morgan fingerprint density at radius 1 is 0.828 bits per heavy atom. The van der Waals surface area contributed by atoms with E-state index in [0.29, 0.717) is 0 Å². The first kappa shape index (κ1) is 18.7. The molecule has 1 N–H and O–H groups in total. The maximum atomic E-state index is 4.46. The first-order valence-corrected chi connectivity index (χ1v) is 9.67. The molecule has 1 heterocycles. The van der Waals surface area contributed by atoms with E-state index in [0.717, 1.165) is 28.8 Å². The molecular weight excluding hydrogens is 356 g/mol. The molecule has 0 saturated carbocycles. The van der Waals surface area contributed by atoms with Gasteiger partial charge >= 0.3 is 0 Å². The summed E-state index contributed by atoms with van der Waals surface area (Å²) in [4.78, 5) is 11.0. The molecule has 4 aromatic rings. The molecule has 3 aromatic carbocycles. The van der Waals surface area contributed by atoms with Crippen LogP contribution < -0.4 is 10.2 Å². The quantitative estimate of drug-likeness (QED) is 0.450. The van der Waals surface area contributed by atoms with E-state index in [1.807, 2.05) is 38.4 Å². The highest BCUT2D eigenvalue weighted by molar-refractivity contribution is 5.91. The highest BCUT2D eigenvalue weighted by Crippen LogP contribution is 2.23. The molecule has 0 atom stereocenters. The van der Waals surface area contributed by atoms with E-state index in [1.165, 1.54) is 16.8 Å². The van der Waals surface area contributed by atoms with Crippen molar-refractivity contribution in [3.8, 4) is 0 Å². The Hall–Kier alpha value is -3.66. The van der Waals surface area contributed by atoms with Crippen LogP contribution in [0, 0.1) is 0 Å². The van der Waals surface area contributed by atoms with Crippen molar-refractivity contribution in [2.75, 3.05) is 24.3 Å². The zero-order valence-electron chi connectivity index (χ0n) is 16.7. The van der Waals surface area contributed by atoms with Crippen molar-refractivity contribution in [2.24, 2.45) is 0 Å². The molecule has 144 valence electrons. The zero-order chi connectivity index (χ0) is 20.1. The molecule has 0 bridgehead atoms. The van der Waals surface area contributed by atoms with Gasteiger partial charge in [0.2, 0.25) is 0 Å². The van der Waals surface area contributed by atoms with Crippen LogP contribution in [-0.2, 0) is 6.54 Å². The number of hydrogen-bond donors (Lipinski definition) is 1. The number of nitrogens with zero attached hydrogens (tertiary/aromatic N) is 3. The smallest absolute Gasteiger partial charge is 0.137 e. The Balaban J connectivity index is 1.56. The maximum absolute atomic E-state index is 4.46. The molecule has 29 heavy (non-hydrogen) atoms. The van der Waals surface area contributed by atoms with Gasteiger partial charge in [0.1, 0.15) is 12.1 Å². The number of aromatic nitrogens is 2. The molecule has 0 aliphatic carbocycles. The summed E-state index contributed by atoms with van der Waals surface area (Å²) in [5.41, 5.74) is 5.63. The van der Waals surface area contributed by atoms with E-state index in [1.54, 1.807) is 6.33 Å². The van der Waals surface area contributed by atoms with Crippen molar-refractivity contribution in [3.63, 3.8) is 0 Å². The summed E-state index contributed by atoms with van der Waals surface area (Å²) >= 11 is 0. The molecule has 0 amide bonds. The maximum Gasteiger partial charge on any atom is 0.137 e. The van der Waals surface area contributed by atoms with Crippen LogP contribution in [0.1, 0.15) is 16.7 Å². The van der Waals surface area contributed by atoms with E-state index >= 15 is 0 Å². The first-order chi connectivity index (χ1) is 14.2. The third-order valence-electron chi connectivity index (χ3n) is 4.84. The Morgan fingerprint density at radius 3 is 2.31 bits per heavy atom. The fourth-order valence-electron chi connectivity index (χ4n) is 3.18. The largest absolute Gasteiger partial charge is 0.378 e. The molecule has 1 aromatic heterocycles. The molecule has 4 heteroatoms. The molecular formula is C25H24N4. The average Bonchev–Trinajstić information content (AvgIpc) is 2.77. The lowest BCUT2D eigenvalue weighted by molar-refractivity contribution is 1.10. The van der Waals surface area contributed by atoms with Gasteiger partial charge in [0, 0.05) is 31.7 Å². The van der Waals surface area contributed by atoms with E-state index in [9.17, 15) is 0 Å². The molecule has 0 fully saturated rings. The Morgan fingerprint density at radius 2 is 1.55 bits per heavy atom. The van der Waals surface area contributed by atoms with Crippen LogP contribution in [0.5, 0.6) is 0 Å². The van der Waals surface area contributed by atoms with Gasteiger partial charge in [0.05, 0.1) is 5.52 Å². The number of benzene rings is 3. The average molecular weight is 380 g/mol. The molecule has 0 radical (unpaired) electrons. The highest BCUT2D eigenvalue weighted by atomic mass is 15.1. The van der Waals surface area contributed by atoms with Crippen LogP contribution in [0.25, 0.3) is 23.1 Å². The molecule has 0 aliphatic heterocycles. The molecule has 0 aliphatic rings. The summed E-state index contributed by atoms with van der Waals surface area (Å²) in [5.74, 6) is 0.851. The van der Waals surface area contributed by atoms with Gasteiger partial charge in [-0.3, -0.25) is 0 Å². The fraction of sp³-hybridized carbons (Fsp3) is 0.120. The van der Waals surface area contributed by atoms with Crippen LogP contribution in [0.3, 0.4) is 0 Å². The van der Waals surface area contributed by atoms with Gasteiger partial charge in [-0.2, -0.15) is 0 Å². The fourth-order valence-corrected chi connectivity index (χ4v) is 3.18. The lowest BCUT2D eigenvalue weighted by Gasteiger charge is -2.11. The second-order valence-electron chi connectivity index (χ2n) is 7.16. The Labute approximate surface area is 171 Å². The normalized spacial score (nSPS) is 11.1. The van der Waals surface area contributed by atoms with Gasteiger partial charge < -0.3 is 10.2 Å². The summed E-state index contributed by atoms with van der Waals surface area (Å²) in [6.45, 7) is 0.727. The van der Waals surface area contributed by atoms with Crippen molar-refractivity contribution < 1.29 is 0 Å². The minimum atomic E-state index is 0.727. The second-order valence-corrected chi connectivity index (χ2v) is 7.16. The molecule has 4 rings (SSSR count). The van der Waals surface area contributed by atoms with Crippen LogP contribution in [0.15, 0.2) is 79.1 Å². The third-order valence-corrected chi connectivity index (χ3v) is 4.84. The summed E-state index contributed by atoms with van der Waals surface area (Å²) in [6.07, 6.45) is 5.86. The molecule has 0 saturated heterocycles. The van der Waals surface area contributed by atoms with Crippen molar-refractivity contribution in [1.82, 2.24) is 9.97 Å². The van der Waals surface area contributed by atoms with Gasteiger partial charge in [0.25, 0.3) is 0 Å². The van der Waals surface area contributed by atoms with Gasteiger partial charge in [-0.1, -0.05) is 60.7 Å². The number of rotatable bonds is 6. The molecule has 4 nitrogen and oxygen atoms in total. The topological polar surface area (TPSA) is 41.1 Å². The van der Waals surface area contributed by atoms with Gasteiger partial charge in [-0.15, -0.1) is 0 Å². The van der Waals surface area contributed by atoms with Crippen molar-refractivity contribution >= 4 is 34.6 Å². The Kier molecular flexibility index (Phi) is 5.52. The number of nitrogens with one attached hydrogen (secondary N) is 1. The van der Waals surface area contributed by atoms with Crippen LogP contribution >= 0.6 is 0 Å². The molecule has 0 unspecified atom stereocenters. The van der Waals surface area contributed by atoms with Crippen molar-refractivity contribution in [1.29, 1.82) is 0 Å². The predicted octanol–water partition coefficient (Wildman–Crippen LogP) is 5.48. The summed E-state index contributed by atoms with van der Waals surface area (Å²) in [7, 11) is 4.09. The highest BCUT2D eigenvalue weighted by Gasteiger charge is 2.04. The lowest BCUT2D eigenvalue weighted by Crippen LogP contribution is -2.07. The van der Waals surface area contributed by atoms with E-state index in [4.69, 9.17) is 0 Å².